The second kappa shape index (κ2) is 3.97. The molecular formula is C12H9NO2. The topological polar surface area (TPSA) is 50.1 Å². The van der Waals surface area contributed by atoms with Gasteiger partial charge in [-0.2, -0.15) is 5.26 Å². The molecule has 0 aromatic heterocycles. The van der Waals surface area contributed by atoms with Gasteiger partial charge in [0, 0.05) is 5.56 Å². The Balaban J connectivity index is 2.14. The van der Waals surface area contributed by atoms with Crippen LogP contribution < -0.4 is 0 Å². The van der Waals surface area contributed by atoms with Gasteiger partial charge in [0.2, 0.25) is 0 Å². The highest BCUT2D eigenvalue weighted by Gasteiger charge is 2.16. The number of ether oxygens (including phenoxy) is 1. The number of esters is 1. The summed E-state index contributed by atoms with van der Waals surface area (Å²) in [6.45, 7) is 0. The average Bonchev–Trinajstić information content (AvgIpc) is 2.62. The summed E-state index contributed by atoms with van der Waals surface area (Å²) in [6.07, 6.45) is 2.44. The van der Waals surface area contributed by atoms with Crippen LogP contribution in [-0.4, -0.2) is 5.97 Å². The predicted molar refractivity (Wildman–Crippen MR) is 54.4 cm³/mol. The summed E-state index contributed by atoms with van der Waals surface area (Å²) in [5.74, 6) is 0.0753. The average molecular weight is 199 g/mol. The van der Waals surface area contributed by atoms with E-state index in [1.807, 2.05) is 30.3 Å². The Kier molecular flexibility index (Phi) is 2.51. The fourth-order valence-electron chi connectivity index (χ4n) is 1.57. The standard InChI is InChI=1S/C12H9NO2/c13-8-7-12(14)15-11-6-5-9-3-1-2-4-10(9)11/h1-4,6H,5,7H2. The monoisotopic (exact) mass is 199 g/mol. The number of benzene rings is 1. The summed E-state index contributed by atoms with van der Waals surface area (Å²) < 4.78 is 5.08. The van der Waals surface area contributed by atoms with E-state index in [-0.39, 0.29) is 6.42 Å². The highest BCUT2D eigenvalue weighted by Crippen LogP contribution is 2.27. The van der Waals surface area contributed by atoms with E-state index in [4.69, 9.17) is 10.00 Å². The highest BCUT2D eigenvalue weighted by atomic mass is 16.5. The fourth-order valence-corrected chi connectivity index (χ4v) is 1.57. The van der Waals surface area contributed by atoms with Gasteiger partial charge in [-0.15, -0.1) is 0 Å². The van der Waals surface area contributed by atoms with E-state index in [0.29, 0.717) is 5.76 Å². The third-order valence-corrected chi connectivity index (χ3v) is 2.24. The second-order valence-corrected chi connectivity index (χ2v) is 3.24. The molecule has 0 unspecified atom stereocenters. The maximum absolute atomic E-state index is 11.1. The van der Waals surface area contributed by atoms with Gasteiger partial charge in [0.15, 0.2) is 0 Å². The molecule has 0 radical (unpaired) electrons. The Morgan fingerprint density at radius 1 is 1.47 bits per heavy atom. The van der Waals surface area contributed by atoms with Crippen LogP contribution in [0.25, 0.3) is 5.76 Å². The lowest BCUT2D eigenvalue weighted by Gasteiger charge is -2.04. The van der Waals surface area contributed by atoms with Crippen molar-refractivity contribution < 1.29 is 9.53 Å². The van der Waals surface area contributed by atoms with E-state index < -0.39 is 5.97 Å². The normalized spacial score (nSPS) is 12.6. The van der Waals surface area contributed by atoms with Crippen molar-refractivity contribution >= 4 is 11.7 Å². The molecular weight excluding hydrogens is 190 g/mol. The summed E-state index contributed by atoms with van der Waals surface area (Å²) in [5, 5.41) is 8.34. The SMILES string of the molecule is N#CCC(=O)OC1=CCc2ccccc21. The largest absolute Gasteiger partial charge is 0.425 e. The zero-order chi connectivity index (χ0) is 10.7. The van der Waals surface area contributed by atoms with Crippen LogP contribution in [0.2, 0.25) is 0 Å². The van der Waals surface area contributed by atoms with Gasteiger partial charge < -0.3 is 4.74 Å². The van der Waals surface area contributed by atoms with Gasteiger partial charge in [-0.25, -0.2) is 0 Å². The van der Waals surface area contributed by atoms with E-state index in [2.05, 4.69) is 0 Å². The lowest BCUT2D eigenvalue weighted by Crippen LogP contribution is -2.01. The molecule has 74 valence electrons. The predicted octanol–water partition coefficient (Wildman–Crippen LogP) is 2.04. The molecule has 0 amide bonds. The fraction of sp³-hybridized carbons (Fsp3) is 0.167. The van der Waals surface area contributed by atoms with Gasteiger partial charge in [-0.05, 0) is 18.1 Å². The van der Waals surface area contributed by atoms with E-state index in [1.54, 1.807) is 6.07 Å². The quantitative estimate of drug-likeness (QED) is 0.685. The first-order valence-electron chi connectivity index (χ1n) is 4.67. The van der Waals surface area contributed by atoms with Crippen molar-refractivity contribution in [2.24, 2.45) is 0 Å². The van der Waals surface area contributed by atoms with Crippen LogP contribution in [0.5, 0.6) is 0 Å². The van der Waals surface area contributed by atoms with Gasteiger partial charge in [0.1, 0.15) is 12.2 Å². The summed E-state index contributed by atoms with van der Waals surface area (Å²) >= 11 is 0. The molecule has 3 heteroatoms. The first-order valence-corrected chi connectivity index (χ1v) is 4.67. The Morgan fingerprint density at radius 3 is 3.07 bits per heavy atom. The van der Waals surface area contributed by atoms with Gasteiger partial charge in [0.25, 0.3) is 0 Å². The van der Waals surface area contributed by atoms with Gasteiger partial charge >= 0.3 is 5.97 Å². The molecule has 0 spiro atoms. The minimum Gasteiger partial charge on any atom is -0.425 e. The molecule has 1 aromatic carbocycles. The molecule has 0 heterocycles. The lowest BCUT2D eigenvalue weighted by atomic mass is 10.1. The Hall–Kier alpha value is -2.08. The molecule has 1 aromatic rings. The molecule has 2 rings (SSSR count). The van der Waals surface area contributed by atoms with Gasteiger partial charge in [-0.3, -0.25) is 4.79 Å². The number of carbonyl (C=O) groups is 1. The summed E-state index contributed by atoms with van der Waals surface area (Å²) in [6, 6.07) is 9.52. The zero-order valence-electron chi connectivity index (χ0n) is 8.06. The van der Waals surface area contributed by atoms with Crippen LogP contribution in [0.4, 0.5) is 0 Å². The Morgan fingerprint density at radius 2 is 2.27 bits per heavy atom. The Bertz CT molecular complexity index is 469. The zero-order valence-corrected chi connectivity index (χ0v) is 8.06. The maximum Gasteiger partial charge on any atom is 0.325 e. The number of allylic oxidation sites excluding steroid dienone is 1. The molecule has 0 aliphatic heterocycles. The molecule has 3 nitrogen and oxygen atoms in total. The van der Waals surface area contributed by atoms with E-state index in [9.17, 15) is 4.79 Å². The summed E-state index contributed by atoms with van der Waals surface area (Å²) in [4.78, 5) is 11.1. The molecule has 0 N–H and O–H groups in total. The maximum atomic E-state index is 11.1. The van der Waals surface area contributed by atoms with Crippen LogP contribution >= 0.6 is 0 Å². The highest BCUT2D eigenvalue weighted by molar-refractivity contribution is 5.81. The van der Waals surface area contributed by atoms with E-state index >= 15 is 0 Å². The van der Waals surface area contributed by atoms with Crippen LogP contribution in [-0.2, 0) is 16.0 Å². The molecule has 0 saturated heterocycles. The van der Waals surface area contributed by atoms with Crippen LogP contribution in [0.15, 0.2) is 30.3 Å². The number of nitriles is 1. The number of rotatable bonds is 2. The summed E-state index contributed by atoms with van der Waals surface area (Å²) in [5.41, 5.74) is 2.10. The molecule has 0 saturated carbocycles. The first kappa shape index (κ1) is 9.47. The van der Waals surface area contributed by atoms with Gasteiger partial charge in [-0.1, -0.05) is 24.3 Å². The van der Waals surface area contributed by atoms with Crippen molar-refractivity contribution in [1.82, 2.24) is 0 Å². The van der Waals surface area contributed by atoms with Crippen molar-refractivity contribution in [1.29, 1.82) is 5.26 Å². The van der Waals surface area contributed by atoms with E-state index in [0.717, 1.165) is 17.5 Å². The van der Waals surface area contributed by atoms with Crippen molar-refractivity contribution in [3.63, 3.8) is 0 Å². The molecule has 1 aliphatic rings. The molecule has 0 atom stereocenters. The second-order valence-electron chi connectivity index (χ2n) is 3.24. The minimum absolute atomic E-state index is 0.209. The van der Waals surface area contributed by atoms with Crippen molar-refractivity contribution in [3.05, 3.63) is 41.5 Å². The Labute approximate surface area is 87.6 Å². The number of fused-ring (bicyclic) bond motifs is 1. The third-order valence-electron chi connectivity index (χ3n) is 2.24. The minimum atomic E-state index is -0.500. The first-order chi connectivity index (χ1) is 7.31. The van der Waals surface area contributed by atoms with Gasteiger partial charge in [0.05, 0.1) is 6.07 Å². The van der Waals surface area contributed by atoms with Crippen LogP contribution in [0, 0.1) is 11.3 Å². The van der Waals surface area contributed by atoms with Crippen LogP contribution in [0.1, 0.15) is 17.5 Å². The molecule has 15 heavy (non-hydrogen) atoms. The molecule has 1 aliphatic carbocycles. The van der Waals surface area contributed by atoms with Crippen molar-refractivity contribution in [2.45, 2.75) is 12.8 Å². The smallest absolute Gasteiger partial charge is 0.325 e. The number of carbonyl (C=O) groups excluding carboxylic acids is 1. The van der Waals surface area contributed by atoms with Crippen LogP contribution in [0.3, 0.4) is 0 Å². The lowest BCUT2D eigenvalue weighted by molar-refractivity contribution is -0.135. The van der Waals surface area contributed by atoms with E-state index in [1.165, 1.54) is 0 Å². The molecule has 0 fully saturated rings. The number of nitrogens with zero attached hydrogens (tertiary/aromatic N) is 1. The van der Waals surface area contributed by atoms with Crippen molar-refractivity contribution in [3.8, 4) is 6.07 Å². The molecule has 0 bridgehead atoms. The van der Waals surface area contributed by atoms with Crippen molar-refractivity contribution in [2.75, 3.05) is 0 Å². The number of hydrogen-bond acceptors (Lipinski definition) is 3. The number of hydrogen-bond donors (Lipinski definition) is 0. The third kappa shape index (κ3) is 1.89. The summed E-state index contributed by atoms with van der Waals surface area (Å²) in [7, 11) is 0.